The Kier molecular flexibility index (Phi) is 8.25. The first-order chi connectivity index (χ1) is 9.22. The molecule has 106 valence electrons. The number of ether oxygens (including phenoxy) is 1. The van der Waals surface area contributed by atoms with E-state index >= 15 is 0 Å². The molecule has 0 saturated heterocycles. The zero-order valence-corrected chi connectivity index (χ0v) is 12.8. The van der Waals surface area contributed by atoms with Crippen LogP contribution >= 0.6 is 15.9 Å². The highest BCUT2D eigenvalue weighted by molar-refractivity contribution is 9.10. The predicted molar refractivity (Wildman–Crippen MR) is 81.5 cm³/mol. The van der Waals surface area contributed by atoms with Gasteiger partial charge in [-0.15, -0.1) is 0 Å². The SMILES string of the molecule is CCCCOCCCNC(=O)Nc1cccc(Br)c1. The molecule has 0 aromatic heterocycles. The van der Waals surface area contributed by atoms with Crippen molar-refractivity contribution in [2.75, 3.05) is 25.1 Å². The number of urea groups is 1. The maximum absolute atomic E-state index is 11.6. The Morgan fingerprint density at radius 3 is 2.84 bits per heavy atom. The van der Waals surface area contributed by atoms with Crippen LogP contribution in [0.2, 0.25) is 0 Å². The Hall–Kier alpha value is -1.07. The monoisotopic (exact) mass is 328 g/mol. The lowest BCUT2D eigenvalue weighted by atomic mass is 10.3. The molecule has 0 radical (unpaired) electrons. The Bertz CT molecular complexity index is 385. The van der Waals surface area contributed by atoms with Gasteiger partial charge >= 0.3 is 6.03 Å². The van der Waals surface area contributed by atoms with E-state index in [2.05, 4.69) is 33.5 Å². The number of amides is 2. The lowest BCUT2D eigenvalue weighted by molar-refractivity contribution is 0.129. The third-order valence-electron chi connectivity index (χ3n) is 2.48. The second-order valence-electron chi connectivity index (χ2n) is 4.21. The maximum Gasteiger partial charge on any atom is 0.319 e. The van der Waals surface area contributed by atoms with Crippen molar-refractivity contribution < 1.29 is 9.53 Å². The van der Waals surface area contributed by atoms with Crippen LogP contribution in [0.15, 0.2) is 28.7 Å². The maximum atomic E-state index is 11.6. The highest BCUT2D eigenvalue weighted by atomic mass is 79.9. The molecule has 1 aromatic rings. The molecular formula is C14H21BrN2O2. The standard InChI is InChI=1S/C14H21BrN2O2/c1-2-3-9-19-10-5-8-16-14(18)17-13-7-4-6-12(15)11-13/h4,6-7,11H,2-3,5,8-10H2,1H3,(H2,16,17,18). The molecular weight excluding hydrogens is 308 g/mol. The van der Waals surface area contributed by atoms with E-state index in [0.717, 1.165) is 36.0 Å². The largest absolute Gasteiger partial charge is 0.381 e. The van der Waals surface area contributed by atoms with Crippen molar-refractivity contribution in [2.45, 2.75) is 26.2 Å². The van der Waals surface area contributed by atoms with E-state index in [0.29, 0.717) is 13.2 Å². The van der Waals surface area contributed by atoms with Crippen LogP contribution in [-0.4, -0.2) is 25.8 Å². The van der Waals surface area contributed by atoms with Crippen LogP contribution in [0.4, 0.5) is 10.5 Å². The van der Waals surface area contributed by atoms with Gasteiger partial charge in [0.15, 0.2) is 0 Å². The van der Waals surface area contributed by atoms with Gasteiger partial charge in [-0.05, 0) is 31.0 Å². The van der Waals surface area contributed by atoms with E-state index < -0.39 is 0 Å². The van der Waals surface area contributed by atoms with Crippen LogP contribution in [-0.2, 0) is 4.74 Å². The molecule has 0 aliphatic carbocycles. The number of benzene rings is 1. The van der Waals surface area contributed by atoms with Crippen molar-refractivity contribution in [1.29, 1.82) is 0 Å². The van der Waals surface area contributed by atoms with Gasteiger partial charge in [-0.2, -0.15) is 0 Å². The molecule has 5 heteroatoms. The van der Waals surface area contributed by atoms with Crippen LogP contribution < -0.4 is 10.6 Å². The number of anilines is 1. The molecule has 0 spiro atoms. The number of halogens is 1. The molecule has 0 fully saturated rings. The molecule has 2 amide bonds. The van der Waals surface area contributed by atoms with Crippen molar-refractivity contribution in [3.05, 3.63) is 28.7 Å². The van der Waals surface area contributed by atoms with Crippen molar-refractivity contribution in [3.63, 3.8) is 0 Å². The average Bonchev–Trinajstić information content (AvgIpc) is 2.37. The Labute approximate surface area is 123 Å². The Morgan fingerprint density at radius 2 is 2.11 bits per heavy atom. The fraction of sp³-hybridized carbons (Fsp3) is 0.500. The molecule has 0 atom stereocenters. The molecule has 1 rings (SSSR count). The van der Waals surface area contributed by atoms with Crippen LogP contribution in [0.25, 0.3) is 0 Å². The lowest BCUT2D eigenvalue weighted by Gasteiger charge is -2.08. The molecule has 0 heterocycles. The number of rotatable bonds is 8. The van der Waals surface area contributed by atoms with Gasteiger partial charge in [-0.3, -0.25) is 0 Å². The van der Waals surface area contributed by atoms with Gasteiger partial charge in [0, 0.05) is 29.9 Å². The normalized spacial score (nSPS) is 10.2. The van der Waals surface area contributed by atoms with Gasteiger partial charge in [0.05, 0.1) is 0 Å². The predicted octanol–water partition coefficient (Wildman–Crippen LogP) is 3.78. The minimum absolute atomic E-state index is 0.188. The zero-order chi connectivity index (χ0) is 13.9. The number of unbranched alkanes of at least 4 members (excludes halogenated alkanes) is 1. The quantitative estimate of drug-likeness (QED) is 0.713. The molecule has 2 N–H and O–H groups in total. The van der Waals surface area contributed by atoms with E-state index in [4.69, 9.17) is 4.74 Å². The number of carbonyl (C=O) groups is 1. The van der Waals surface area contributed by atoms with E-state index in [-0.39, 0.29) is 6.03 Å². The first-order valence-corrected chi connectivity index (χ1v) is 7.40. The fourth-order valence-electron chi connectivity index (χ4n) is 1.47. The van der Waals surface area contributed by atoms with Crippen molar-refractivity contribution in [1.82, 2.24) is 5.32 Å². The zero-order valence-electron chi connectivity index (χ0n) is 11.2. The summed E-state index contributed by atoms with van der Waals surface area (Å²) in [5.74, 6) is 0. The Balaban J connectivity index is 2.08. The molecule has 0 aliphatic heterocycles. The number of hydrogen-bond donors (Lipinski definition) is 2. The number of hydrogen-bond acceptors (Lipinski definition) is 2. The summed E-state index contributed by atoms with van der Waals surface area (Å²) >= 11 is 3.36. The number of nitrogens with one attached hydrogen (secondary N) is 2. The van der Waals surface area contributed by atoms with Gasteiger partial charge < -0.3 is 15.4 Å². The molecule has 0 bridgehead atoms. The van der Waals surface area contributed by atoms with Gasteiger partial charge in [-0.25, -0.2) is 4.79 Å². The second-order valence-corrected chi connectivity index (χ2v) is 5.13. The van der Waals surface area contributed by atoms with Crippen molar-refractivity contribution >= 4 is 27.6 Å². The van der Waals surface area contributed by atoms with Crippen LogP contribution in [0, 0.1) is 0 Å². The highest BCUT2D eigenvalue weighted by Gasteiger charge is 2.00. The first-order valence-electron chi connectivity index (χ1n) is 6.60. The molecule has 0 aliphatic rings. The van der Waals surface area contributed by atoms with Crippen LogP contribution in [0.5, 0.6) is 0 Å². The summed E-state index contributed by atoms with van der Waals surface area (Å²) in [4.78, 5) is 11.6. The van der Waals surface area contributed by atoms with E-state index in [1.807, 2.05) is 24.3 Å². The van der Waals surface area contributed by atoms with Crippen molar-refractivity contribution in [3.8, 4) is 0 Å². The molecule has 1 aromatic carbocycles. The minimum Gasteiger partial charge on any atom is -0.381 e. The minimum atomic E-state index is -0.188. The molecule has 19 heavy (non-hydrogen) atoms. The molecule has 4 nitrogen and oxygen atoms in total. The lowest BCUT2D eigenvalue weighted by Crippen LogP contribution is -2.30. The third-order valence-corrected chi connectivity index (χ3v) is 2.97. The summed E-state index contributed by atoms with van der Waals surface area (Å²) < 4.78 is 6.35. The smallest absolute Gasteiger partial charge is 0.319 e. The van der Waals surface area contributed by atoms with Gasteiger partial charge in [-0.1, -0.05) is 35.3 Å². The summed E-state index contributed by atoms with van der Waals surface area (Å²) in [5.41, 5.74) is 0.770. The Morgan fingerprint density at radius 1 is 1.32 bits per heavy atom. The summed E-state index contributed by atoms with van der Waals surface area (Å²) in [7, 11) is 0. The number of carbonyl (C=O) groups excluding carboxylic acids is 1. The van der Waals surface area contributed by atoms with Gasteiger partial charge in [0.2, 0.25) is 0 Å². The summed E-state index contributed by atoms with van der Waals surface area (Å²) in [6, 6.07) is 7.30. The van der Waals surface area contributed by atoms with Gasteiger partial charge in [0.25, 0.3) is 0 Å². The van der Waals surface area contributed by atoms with Crippen LogP contribution in [0.1, 0.15) is 26.2 Å². The third kappa shape index (κ3) is 7.85. The topological polar surface area (TPSA) is 50.4 Å². The van der Waals surface area contributed by atoms with E-state index in [9.17, 15) is 4.79 Å². The first kappa shape index (κ1) is 16.0. The molecule has 0 unspecified atom stereocenters. The summed E-state index contributed by atoms with van der Waals surface area (Å²) in [6.07, 6.45) is 3.07. The molecule has 0 saturated carbocycles. The van der Waals surface area contributed by atoms with Crippen molar-refractivity contribution in [2.24, 2.45) is 0 Å². The van der Waals surface area contributed by atoms with E-state index in [1.165, 1.54) is 0 Å². The highest BCUT2D eigenvalue weighted by Crippen LogP contribution is 2.15. The van der Waals surface area contributed by atoms with E-state index in [1.54, 1.807) is 0 Å². The van der Waals surface area contributed by atoms with Crippen LogP contribution in [0.3, 0.4) is 0 Å². The summed E-state index contributed by atoms with van der Waals surface area (Å²) in [5, 5.41) is 5.57. The summed E-state index contributed by atoms with van der Waals surface area (Å²) in [6.45, 7) is 4.25. The second kappa shape index (κ2) is 9.81. The fourth-order valence-corrected chi connectivity index (χ4v) is 1.87. The van der Waals surface area contributed by atoms with Gasteiger partial charge in [0.1, 0.15) is 0 Å². The average molecular weight is 329 g/mol.